The van der Waals surface area contributed by atoms with Gasteiger partial charge in [0.25, 0.3) is 0 Å². The van der Waals surface area contributed by atoms with Crippen LogP contribution in [0.3, 0.4) is 0 Å². The van der Waals surface area contributed by atoms with Gasteiger partial charge in [-0.2, -0.15) is 0 Å². The van der Waals surface area contributed by atoms with E-state index in [1.807, 2.05) is 37.4 Å². The number of imidazole rings is 1. The number of halogens is 1. The van der Waals surface area contributed by atoms with Gasteiger partial charge in [-0.15, -0.1) is 11.6 Å². The van der Waals surface area contributed by atoms with Crippen LogP contribution in [0.1, 0.15) is 29.4 Å². The summed E-state index contributed by atoms with van der Waals surface area (Å²) in [5.74, 6) is 0.887. The first-order chi connectivity index (χ1) is 9.65. The number of fused-ring (bicyclic) bond motifs is 1. The van der Waals surface area contributed by atoms with Crippen molar-refractivity contribution in [3.8, 4) is 0 Å². The highest BCUT2D eigenvalue weighted by Gasteiger charge is 2.15. The molecule has 0 saturated carbocycles. The van der Waals surface area contributed by atoms with Crippen molar-refractivity contribution in [2.45, 2.75) is 25.8 Å². The zero-order chi connectivity index (χ0) is 14.1. The molecule has 0 N–H and O–H groups in total. The molecule has 1 unspecified atom stereocenters. The number of aryl methyl sites for hydroxylation is 1. The minimum Gasteiger partial charge on any atom is -0.321 e. The number of rotatable bonds is 3. The van der Waals surface area contributed by atoms with Crippen LogP contribution < -0.4 is 0 Å². The van der Waals surface area contributed by atoms with Crippen molar-refractivity contribution in [1.29, 1.82) is 0 Å². The molecule has 0 saturated heterocycles. The summed E-state index contributed by atoms with van der Waals surface area (Å²) in [4.78, 5) is 9.04. The third kappa shape index (κ3) is 2.41. The lowest BCUT2D eigenvalue weighted by Crippen LogP contribution is -2.06. The maximum atomic E-state index is 6.28. The standard InChI is InChI=1S/C16H16ClN3/c1-11-6-7-14-15(9-11)20(16(19-14)12(2)17)10-13-5-3-4-8-18-13/h3-9,12H,10H2,1-2H3. The number of nitrogens with zero attached hydrogens (tertiary/aromatic N) is 3. The number of hydrogen-bond acceptors (Lipinski definition) is 2. The van der Waals surface area contributed by atoms with Gasteiger partial charge in [-0.05, 0) is 43.7 Å². The molecule has 3 nitrogen and oxygen atoms in total. The molecule has 20 heavy (non-hydrogen) atoms. The lowest BCUT2D eigenvalue weighted by Gasteiger charge is -2.10. The first kappa shape index (κ1) is 13.1. The highest BCUT2D eigenvalue weighted by molar-refractivity contribution is 6.20. The monoisotopic (exact) mass is 285 g/mol. The van der Waals surface area contributed by atoms with E-state index in [2.05, 4.69) is 33.6 Å². The Labute approximate surface area is 123 Å². The summed E-state index contributed by atoms with van der Waals surface area (Å²) in [6.45, 7) is 4.72. The van der Waals surface area contributed by atoms with E-state index in [1.165, 1.54) is 5.56 Å². The van der Waals surface area contributed by atoms with Gasteiger partial charge in [-0.3, -0.25) is 4.98 Å². The van der Waals surface area contributed by atoms with Gasteiger partial charge in [-0.25, -0.2) is 4.98 Å². The second-order valence-corrected chi connectivity index (χ2v) is 5.64. The minimum atomic E-state index is -0.133. The van der Waals surface area contributed by atoms with Crippen molar-refractivity contribution in [2.75, 3.05) is 0 Å². The summed E-state index contributed by atoms with van der Waals surface area (Å²) >= 11 is 6.28. The zero-order valence-corrected chi connectivity index (χ0v) is 12.3. The molecule has 0 amide bonds. The van der Waals surface area contributed by atoms with E-state index < -0.39 is 0 Å². The average molecular weight is 286 g/mol. The van der Waals surface area contributed by atoms with Crippen LogP contribution in [0.5, 0.6) is 0 Å². The third-order valence-electron chi connectivity index (χ3n) is 3.34. The van der Waals surface area contributed by atoms with Crippen molar-refractivity contribution in [3.05, 3.63) is 59.7 Å². The average Bonchev–Trinajstić information content (AvgIpc) is 2.78. The SMILES string of the molecule is Cc1ccc2nc(C(C)Cl)n(Cc3ccccn3)c2c1. The smallest absolute Gasteiger partial charge is 0.128 e. The van der Waals surface area contributed by atoms with Gasteiger partial charge in [-0.1, -0.05) is 12.1 Å². The fourth-order valence-electron chi connectivity index (χ4n) is 2.37. The molecule has 2 heterocycles. The van der Waals surface area contributed by atoms with Crippen LogP contribution in [-0.2, 0) is 6.54 Å². The minimum absolute atomic E-state index is 0.133. The molecule has 1 atom stereocenters. The van der Waals surface area contributed by atoms with Gasteiger partial charge in [0.15, 0.2) is 0 Å². The molecule has 0 fully saturated rings. The number of benzene rings is 1. The Morgan fingerprint density at radius 1 is 1.25 bits per heavy atom. The Morgan fingerprint density at radius 2 is 2.10 bits per heavy atom. The van der Waals surface area contributed by atoms with E-state index >= 15 is 0 Å². The maximum Gasteiger partial charge on any atom is 0.128 e. The van der Waals surface area contributed by atoms with Gasteiger partial charge in [0.1, 0.15) is 5.82 Å². The molecule has 0 bridgehead atoms. The summed E-state index contributed by atoms with van der Waals surface area (Å²) < 4.78 is 2.16. The fourth-order valence-corrected chi connectivity index (χ4v) is 2.54. The Hall–Kier alpha value is -1.87. The van der Waals surface area contributed by atoms with Crippen molar-refractivity contribution in [2.24, 2.45) is 0 Å². The molecule has 0 spiro atoms. The summed E-state index contributed by atoms with van der Waals surface area (Å²) in [6, 6.07) is 12.2. The molecule has 3 aromatic rings. The molecule has 3 rings (SSSR count). The summed E-state index contributed by atoms with van der Waals surface area (Å²) in [6.07, 6.45) is 1.81. The molecule has 0 aliphatic heterocycles. The van der Waals surface area contributed by atoms with Crippen molar-refractivity contribution in [3.63, 3.8) is 0 Å². The van der Waals surface area contributed by atoms with Crippen molar-refractivity contribution >= 4 is 22.6 Å². The van der Waals surface area contributed by atoms with Gasteiger partial charge in [0.05, 0.1) is 28.6 Å². The second kappa shape index (κ2) is 5.25. The predicted molar refractivity (Wildman–Crippen MR) is 82.1 cm³/mol. The fraction of sp³-hybridized carbons (Fsp3) is 0.250. The maximum absolute atomic E-state index is 6.28. The van der Waals surface area contributed by atoms with Crippen LogP contribution in [0.4, 0.5) is 0 Å². The number of alkyl halides is 1. The Morgan fingerprint density at radius 3 is 2.80 bits per heavy atom. The molecule has 0 radical (unpaired) electrons. The quantitative estimate of drug-likeness (QED) is 0.679. The van der Waals surface area contributed by atoms with Crippen LogP contribution >= 0.6 is 11.6 Å². The molecular formula is C16H16ClN3. The first-order valence-electron chi connectivity index (χ1n) is 6.66. The van der Waals surface area contributed by atoms with E-state index in [4.69, 9.17) is 11.6 Å². The number of aromatic nitrogens is 3. The van der Waals surface area contributed by atoms with Gasteiger partial charge >= 0.3 is 0 Å². The molecule has 2 aromatic heterocycles. The normalized spacial score (nSPS) is 12.8. The van der Waals surface area contributed by atoms with E-state index in [0.29, 0.717) is 6.54 Å². The number of pyridine rings is 1. The lowest BCUT2D eigenvalue weighted by molar-refractivity contribution is 0.727. The van der Waals surface area contributed by atoms with Gasteiger partial charge < -0.3 is 4.57 Å². The molecular weight excluding hydrogens is 270 g/mol. The van der Waals surface area contributed by atoms with E-state index in [-0.39, 0.29) is 5.38 Å². The number of hydrogen-bond donors (Lipinski definition) is 0. The predicted octanol–water partition coefficient (Wildman–Crippen LogP) is 4.09. The third-order valence-corrected chi connectivity index (χ3v) is 3.53. The highest BCUT2D eigenvalue weighted by atomic mass is 35.5. The first-order valence-corrected chi connectivity index (χ1v) is 7.09. The zero-order valence-electron chi connectivity index (χ0n) is 11.5. The van der Waals surface area contributed by atoms with Crippen LogP contribution in [0.2, 0.25) is 0 Å². The van der Waals surface area contributed by atoms with E-state index in [1.54, 1.807) is 0 Å². The Bertz CT molecular complexity index is 732. The van der Waals surface area contributed by atoms with E-state index in [9.17, 15) is 0 Å². The highest BCUT2D eigenvalue weighted by Crippen LogP contribution is 2.26. The van der Waals surface area contributed by atoms with Crippen LogP contribution in [0.15, 0.2) is 42.6 Å². The Kier molecular flexibility index (Phi) is 3.45. The van der Waals surface area contributed by atoms with Crippen molar-refractivity contribution in [1.82, 2.24) is 14.5 Å². The summed E-state index contributed by atoms with van der Waals surface area (Å²) in [5, 5.41) is -0.133. The summed E-state index contributed by atoms with van der Waals surface area (Å²) in [7, 11) is 0. The molecule has 0 aliphatic rings. The molecule has 0 aliphatic carbocycles. The molecule has 4 heteroatoms. The van der Waals surface area contributed by atoms with Crippen LogP contribution in [0.25, 0.3) is 11.0 Å². The lowest BCUT2D eigenvalue weighted by atomic mass is 10.2. The molecule has 102 valence electrons. The van der Waals surface area contributed by atoms with Gasteiger partial charge in [0, 0.05) is 6.20 Å². The summed E-state index contributed by atoms with van der Waals surface area (Å²) in [5.41, 5.74) is 4.31. The van der Waals surface area contributed by atoms with Crippen LogP contribution in [0, 0.1) is 6.92 Å². The Balaban J connectivity index is 2.15. The topological polar surface area (TPSA) is 30.7 Å². The van der Waals surface area contributed by atoms with Gasteiger partial charge in [0.2, 0.25) is 0 Å². The van der Waals surface area contributed by atoms with Crippen molar-refractivity contribution < 1.29 is 0 Å². The molecule has 1 aromatic carbocycles. The van der Waals surface area contributed by atoms with Crippen LogP contribution in [-0.4, -0.2) is 14.5 Å². The second-order valence-electron chi connectivity index (χ2n) is 4.99. The van der Waals surface area contributed by atoms with E-state index in [0.717, 1.165) is 22.6 Å². The largest absolute Gasteiger partial charge is 0.321 e.